The summed E-state index contributed by atoms with van der Waals surface area (Å²) in [6.07, 6.45) is 5.91. The van der Waals surface area contributed by atoms with Gasteiger partial charge < -0.3 is 14.5 Å². The lowest BCUT2D eigenvalue weighted by molar-refractivity contribution is -0.0415. The molecule has 1 aromatic carbocycles. The number of ether oxygens (including phenoxy) is 1. The minimum Gasteiger partial charge on any atom is -0.447 e. The maximum absolute atomic E-state index is 14.8. The summed E-state index contributed by atoms with van der Waals surface area (Å²) in [4.78, 5) is 23.6. The first-order chi connectivity index (χ1) is 16.4. The normalized spacial score (nSPS) is 20.1. The molecule has 188 valence electrons. The lowest BCUT2D eigenvalue weighted by Gasteiger charge is -2.33. The molecule has 9 heteroatoms. The molecule has 0 aliphatic carbocycles. The van der Waals surface area contributed by atoms with E-state index in [0.717, 1.165) is 44.5 Å². The molecule has 7 nitrogen and oxygen atoms in total. The third-order valence-electron chi connectivity index (χ3n) is 6.65. The zero-order valence-electron chi connectivity index (χ0n) is 20.2. The highest BCUT2D eigenvalue weighted by molar-refractivity contribution is 5.67. The summed E-state index contributed by atoms with van der Waals surface area (Å²) in [5.74, 6) is -0.720. The molecule has 1 aromatic rings. The SMILES string of the molecule is CC(C)OC(=O)N1CCC(ONC2=CCN(c3cc(F)c(CN4CCCC4)cc3F)CC2)CC1. The number of hydrogen-bond acceptors (Lipinski definition) is 6. The number of rotatable bonds is 7. The molecule has 2 saturated heterocycles. The van der Waals surface area contributed by atoms with E-state index in [0.29, 0.717) is 50.4 Å². The Balaban J connectivity index is 1.24. The number of piperidine rings is 1. The topological polar surface area (TPSA) is 57.3 Å². The summed E-state index contributed by atoms with van der Waals surface area (Å²) in [5.41, 5.74) is 4.71. The molecule has 34 heavy (non-hydrogen) atoms. The van der Waals surface area contributed by atoms with E-state index in [1.54, 1.807) is 4.90 Å². The quantitative estimate of drug-likeness (QED) is 0.594. The molecule has 0 bridgehead atoms. The van der Waals surface area contributed by atoms with Crippen molar-refractivity contribution in [2.45, 2.75) is 64.7 Å². The van der Waals surface area contributed by atoms with Crippen molar-refractivity contribution < 1.29 is 23.1 Å². The van der Waals surface area contributed by atoms with Crippen LogP contribution in [0.1, 0.15) is 51.5 Å². The van der Waals surface area contributed by atoms with Crippen molar-refractivity contribution >= 4 is 11.8 Å². The number of halogens is 2. The predicted octanol–water partition coefficient (Wildman–Crippen LogP) is 4.19. The van der Waals surface area contributed by atoms with Gasteiger partial charge >= 0.3 is 6.09 Å². The van der Waals surface area contributed by atoms with E-state index in [1.165, 1.54) is 12.1 Å². The van der Waals surface area contributed by atoms with E-state index in [1.807, 2.05) is 24.8 Å². The van der Waals surface area contributed by atoms with Gasteiger partial charge in [0.05, 0.1) is 17.9 Å². The zero-order chi connectivity index (χ0) is 24.1. The Morgan fingerprint density at radius 3 is 2.47 bits per heavy atom. The summed E-state index contributed by atoms with van der Waals surface area (Å²) in [5, 5.41) is 0. The summed E-state index contributed by atoms with van der Waals surface area (Å²) in [6.45, 7) is 8.29. The first-order valence-corrected chi connectivity index (χ1v) is 12.4. The molecular weight excluding hydrogens is 442 g/mol. The highest BCUT2D eigenvalue weighted by Gasteiger charge is 2.26. The third-order valence-corrected chi connectivity index (χ3v) is 6.65. The van der Waals surface area contributed by atoms with Crippen molar-refractivity contribution in [3.05, 3.63) is 41.1 Å². The zero-order valence-corrected chi connectivity index (χ0v) is 20.2. The van der Waals surface area contributed by atoms with Crippen LogP contribution in [-0.2, 0) is 16.1 Å². The van der Waals surface area contributed by atoms with Crippen molar-refractivity contribution in [2.75, 3.05) is 44.2 Å². The van der Waals surface area contributed by atoms with Crippen LogP contribution in [0, 0.1) is 11.6 Å². The number of carbonyl (C=O) groups is 1. The maximum atomic E-state index is 14.8. The first-order valence-electron chi connectivity index (χ1n) is 12.4. The van der Waals surface area contributed by atoms with Crippen LogP contribution in [0.5, 0.6) is 0 Å². The van der Waals surface area contributed by atoms with Gasteiger partial charge in [-0.25, -0.2) is 13.6 Å². The molecule has 0 spiro atoms. The van der Waals surface area contributed by atoms with E-state index >= 15 is 0 Å². The number of anilines is 1. The average molecular weight is 479 g/mol. The Labute approximate surface area is 200 Å². The van der Waals surface area contributed by atoms with Gasteiger partial charge in [-0.05, 0) is 64.8 Å². The Hall–Kier alpha value is -2.39. The molecule has 1 N–H and O–H groups in total. The van der Waals surface area contributed by atoms with Gasteiger partial charge in [0.15, 0.2) is 0 Å². The standard InChI is InChI=1S/C25H36F2N4O3/c1-18(2)33-25(32)31-13-7-21(8-14-31)34-28-20-5-11-30(12-6-20)24-16-22(26)19(15-23(24)27)17-29-9-3-4-10-29/h5,15-16,18,21,28H,3-4,6-14,17H2,1-2H3. The number of likely N-dealkylation sites (tertiary alicyclic amines) is 2. The van der Waals surface area contributed by atoms with Crippen molar-refractivity contribution in [3.63, 3.8) is 0 Å². The van der Waals surface area contributed by atoms with Gasteiger partial charge in [-0.3, -0.25) is 15.2 Å². The minimum atomic E-state index is -0.376. The van der Waals surface area contributed by atoms with Crippen molar-refractivity contribution in [3.8, 4) is 0 Å². The first kappa shape index (κ1) is 24.7. The van der Waals surface area contributed by atoms with Crippen LogP contribution < -0.4 is 10.4 Å². The molecule has 3 heterocycles. The molecule has 3 aliphatic rings. The number of hydroxylamine groups is 1. The molecule has 0 aromatic heterocycles. The number of benzene rings is 1. The van der Waals surface area contributed by atoms with E-state index in [4.69, 9.17) is 9.57 Å². The average Bonchev–Trinajstić information content (AvgIpc) is 3.33. The molecule has 0 atom stereocenters. The fourth-order valence-corrected chi connectivity index (χ4v) is 4.69. The number of carbonyl (C=O) groups excluding carboxylic acids is 1. The molecular formula is C25H36F2N4O3. The number of amides is 1. The fourth-order valence-electron chi connectivity index (χ4n) is 4.69. The maximum Gasteiger partial charge on any atom is 0.410 e. The second-order valence-electron chi connectivity index (χ2n) is 9.64. The van der Waals surface area contributed by atoms with Gasteiger partial charge in [0.25, 0.3) is 0 Å². The highest BCUT2D eigenvalue weighted by Crippen LogP contribution is 2.27. The second-order valence-corrected chi connectivity index (χ2v) is 9.64. The van der Waals surface area contributed by atoms with E-state index in [2.05, 4.69) is 10.4 Å². The van der Waals surface area contributed by atoms with Gasteiger partial charge in [0, 0.05) is 56.5 Å². The largest absolute Gasteiger partial charge is 0.447 e. The molecule has 2 fully saturated rings. The summed E-state index contributed by atoms with van der Waals surface area (Å²) >= 11 is 0. The van der Waals surface area contributed by atoms with E-state index < -0.39 is 0 Å². The van der Waals surface area contributed by atoms with Crippen LogP contribution in [0.4, 0.5) is 19.3 Å². The summed E-state index contributed by atoms with van der Waals surface area (Å²) < 4.78 is 34.7. The summed E-state index contributed by atoms with van der Waals surface area (Å²) in [6, 6.07) is 2.69. The Bertz CT molecular complexity index is 881. The number of nitrogens with one attached hydrogen (secondary N) is 1. The van der Waals surface area contributed by atoms with Crippen LogP contribution in [0.25, 0.3) is 0 Å². The van der Waals surface area contributed by atoms with Crippen LogP contribution in [0.2, 0.25) is 0 Å². The van der Waals surface area contributed by atoms with Gasteiger partial charge in [-0.15, -0.1) is 0 Å². The van der Waals surface area contributed by atoms with Crippen molar-refractivity contribution in [2.24, 2.45) is 0 Å². The van der Waals surface area contributed by atoms with Gasteiger partial charge in [-0.1, -0.05) is 0 Å². The molecule has 1 amide bonds. The van der Waals surface area contributed by atoms with E-state index in [-0.39, 0.29) is 29.9 Å². The third kappa shape index (κ3) is 6.39. The van der Waals surface area contributed by atoms with Crippen LogP contribution >= 0.6 is 0 Å². The van der Waals surface area contributed by atoms with Crippen molar-refractivity contribution in [1.82, 2.24) is 15.3 Å². The number of nitrogens with zero attached hydrogens (tertiary/aromatic N) is 3. The lowest BCUT2D eigenvalue weighted by Crippen LogP contribution is -2.43. The molecule has 3 aliphatic heterocycles. The van der Waals surface area contributed by atoms with Gasteiger partial charge in [-0.2, -0.15) is 0 Å². The Morgan fingerprint density at radius 1 is 1.09 bits per heavy atom. The Morgan fingerprint density at radius 2 is 1.82 bits per heavy atom. The van der Waals surface area contributed by atoms with Gasteiger partial charge in [0.1, 0.15) is 11.6 Å². The molecule has 4 rings (SSSR count). The Kier molecular flexibility index (Phi) is 8.26. The highest BCUT2D eigenvalue weighted by atomic mass is 19.1. The second kappa shape index (κ2) is 11.4. The van der Waals surface area contributed by atoms with Crippen molar-refractivity contribution in [1.29, 1.82) is 0 Å². The monoisotopic (exact) mass is 478 g/mol. The molecule has 0 unspecified atom stereocenters. The van der Waals surface area contributed by atoms with Crippen LogP contribution in [0.3, 0.4) is 0 Å². The predicted molar refractivity (Wildman–Crippen MR) is 126 cm³/mol. The summed E-state index contributed by atoms with van der Waals surface area (Å²) in [7, 11) is 0. The number of hydrogen-bond donors (Lipinski definition) is 1. The molecule has 0 saturated carbocycles. The lowest BCUT2D eigenvalue weighted by atomic mass is 10.1. The van der Waals surface area contributed by atoms with Gasteiger partial charge in [0.2, 0.25) is 0 Å². The van der Waals surface area contributed by atoms with Crippen LogP contribution in [0.15, 0.2) is 23.9 Å². The minimum absolute atomic E-state index is 0.0109. The fraction of sp³-hybridized carbons (Fsp3) is 0.640. The molecule has 0 radical (unpaired) electrons. The van der Waals surface area contributed by atoms with E-state index in [9.17, 15) is 13.6 Å². The van der Waals surface area contributed by atoms with Crippen LogP contribution in [-0.4, -0.2) is 67.4 Å². The smallest absolute Gasteiger partial charge is 0.410 e.